The SMILES string of the molecule is [CH2-][NH+]1CCc2nc(CN3CCOCC3)ccc2C1. The zero-order valence-corrected chi connectivity index (χ0v) is 10.8. The Labute approximate surface area is 109 Å². The molecule has 0 aliphatic carbocycles. The van der Waals surface area contributed by atoms with Crippen LogP contribution in [0.25, 0.3) is 0 Å². The zero-order valence-electron chi connectivity index (χ0n) is 10.8. The Morgan fingerprint density at radius 2 is 2.17 bits per heavy atom. The topological polar surface area (TPSA) is 29.8 Å². The molecule has 1 atom stereocenters. The van der Waals surface area contributed by atoms with Crippen molar-refractivity contribution in [3.05, 3.63) is 36.1 Å². The number of rotatable bonds is 2. The summed E-state index contributed by atoms with van der Waals surface area (Å²) in [7, 11) is 4.08. The van der Waals surface area contributed by atoms with Gasteiger partial charge in [-0.25, -0.2) is 0 Å². The second kappa shape index (κ2) is 5.34. The maximum atomic E-state index is 5.37. The fourth-order valence-corrected chi connectivity index (χ4v) is 2.68. The van der Waals surface area contributed by atoms with Gasteiger partial charge in [0.05, 0.1) is 37.7 Å². The number of nitrogens with one attached hydrogen (secondary N) is 1. The summed E-state index contributed by atoms with van der Waals surface area (Å²) in [6.07, 6.45) is 1.06. The maximum absolute atomic E-state index is 5.37. The largest absolute Gasteiger partial charge is 0.464 e. The van der Waals surface area contributed by atoms with Gasteiger partial charge in [-0.3, -0.25) is 9.88 Å². The van der Waals surface area contributed by atoms with Crippen LogP contribution < -0.4 is 4.90 Å². The highest BCUT2D eigenvalue weighted by Gasteiger charge is 2.16. The van der Waals surface area contributed by atoms with E-state index < -0.39 is 0 Å². The third kappa shape index (κ3) is 2.71. The second-order valence-electron chi connectivity index (χ2n) is 5.22. The van der Waals surface area contributed by atoms with Crippen molar-refractivity contribution in [2.24, 2.45) is 0 Å². The van der Waals surface area contributed by atoms with E-state index in [9.17, 15) is 0 Å². The van der Waals surface area contributed by atoms with E-state index in [2.05, 4.69) is 24.1 Å². The smallest absolute Gasteiger partial charge is 0.0806 e. The van der Waals surface area contributed by atoms with Crippen LogP contribution in [0.1, 0.15) is 17.0 Å². The van der Waals surface area contributed by atoms with Crippen LogP contribution in [0, 0.1) is 7.05 Å². The molecule has 1 N–H and O–H groups in total. The lowest BCUT2D eigenvalue weighted by molar-refractivity contribution is -0.870. The van der Waals surface area contributed by atoms with Crippen LogP contribution in [0.5, 0.6) is 0 Å². The van der Waals surface area contributed by atoms with E-state index in [1.54, 1.807) is 0 Å². The van der Waals surface area contributed by atoms with E-state index in [0.29, 0.717) is 0 Å². The predicted molar refractivity (Wildman–Crippen MR) is 68.9 cm³/mol. The van der Waals surface area contributed by atoms with Gasteiger partial charge in [0, 0.05) is 31.6 Å². The third-order valence-electron chi connectivity index (χ3n) is 3.77. The van der Waals surface area contributed by atoms with Gasteiger partial charge in [0.2, 0.25) is 0 Å². The van der Waals surface area contributed by atoms with Gasteiger partial charge in [0.25, 0.3) is 0 Å². The van der Waals surface area contributed by atoms with E-state index >= 15 is 0 Å². The quantitative estimate of drug-likeness (QED) is 0.724. The van der Waals surface area contributed by atoms with Gasteiger partial charge in [-0.15, -0.1) is 0 Å². The monoisotopic (exact) mass is 247 g/mol. The molecule has 18 heavy (non-hydrogen) atoms. The predicted octanol–water partition coefficient (Wildman–Crippen LogP) is -0.354. The number of morpholine rings is 1. The van der Waals surface area contributed by atoms with Crippen LogP contribution in [-0.2, 0) is 24.2 Å². The molecular formula is C14H21N3O. The number of aromatic nitrogens is 1. The van der Waals surface area contributed by atoms with Crippen LogP contribution in [-0.4, -0.2) is 42.7 Å². The van der Waals surface area contributed by atoms with Crippen molar-refractivity contribution < 1.29 is 9.64 Å². The van der Waals surface area contributed by atoms with Gasteiger partial charge in [0.15, 0.2) is 0 Å². The molecule has 0 radical (unpaired) electrons. The van der Waals surface area contributed by atoms with Crippen LogP contribution in [0.2, 0.25) is 0 Å². The van der Waals surface area contributed by atoms with Crippen molar-refractivity contribution in [2.45, 2.75) is 19.5 Å². The van der Waals surface area contributed by atoms with Crippen LogP contribution in [0.3, 0.4) is 0 Å². The van der Waals surface area contributed by atoms with Crippen LogP contribution in [0.15, 0.2) is 12.1 Å². The molecular weight excluding hydrogens is 226 g/mol. The van der Waals surface area contributed by atoms with Crippen molar-refractivity contribution in [2.75, 3.05) is 32.8 Å². The standard InChI is InChI=1S/C14H21N3O/c1-16-5-4-14-12(10-16)2-3-13(15-14)11-17-6-8-18-9-7-17/h2-3,16H,1,4-11H2. The Kier molecular flexibility index (Phi) is 3.59. The molecule has 0 spiro atoms. The van der Waals surface area contributed by atoms with Gasteiger partial charge < -0.3 is 9.64 Å². The number of quaternary nitrogens is 1. The van der Waals surface area contributed by atoms with Gasteiger partial charge in [-0.05, 0) is 12.1 Å². The zero-order chi connectivity index (χ0) is 12.4. The first kappa shape index (κ1) is 12.1. The summed E-state index contributed by atoms with van der Waals surface area (Å²) in [5.41, 5.74) is 3.85. The second-order valence-corrected chi connectivity index (χ2v) is 5.22. The van der Waals surface area contributed by atoms with Gasteiger partial charge in [0.1, 0.15) is 0 Å². The Balaban J connectivity index is 1.69. The fourth-order valence-electron chi connectivity index (χ4n) is 2.68. The molecule has 0 saturated carbocycles. The van der Waals surface area contributed by atoms with Crippen molar-refractivity contribution >= 4 is 0 Å². The summed E-state index contributed by atoms with van der Waals surface area (Å²) in [6, 6.07) is 4.41. The van der Waals surface area contributed by atoms with Crippen molar-refractivity contribution in [3.8, 4) is 0 Å². The lowest BCUT2D eigenvalue weighted by atomic mass is 10.1. The first-order valence-electron chi connectivity index (χ1n) is 6.76. The summed E-state index contributed by atoms with van der Waals surface area (Å²) in [5.74, 6) is 0. The highest BCUT2D eigenvalue weighted by molar-refractivity contribution is 5.23. The Bertz CT molecular complexity index is 416. The average molecular weight is 247 g/mol. The molecule has 3 heterocycles. The average Bonchev–Trinajstić information content (AvgIpc) is 2.40. The third-order valence-corrected chi connectivity index (χ3v) is 3.77. The van der Waals surface area contributed by atoms with Crippen LogP contribution >= 0.6 is 0 Å². The molecule has 1 aromatic heterocycles. The summed E-state index contributed by atoms with van der Waals surface area (Å²) in [4.78, 5) is 8.57. The van der Waals surface area contributed by atoms with Crippen molar-refractivity contribution in [1.82, 2.24) is 9.88 Å². The number of pyridine rings is 1. The molecule has 2 aliphatic heterocycles. The molecule has 3 rings (SSSR count). The number of hydrogen-bond acceptors (Lipinski definition) is 3. The molecule has 1 unspecified atom stereocenters. The minimum absolute atomic E-state index is 0.852. The highest BCUT2D eigenvalue weighted by Crippen LogP contribution is 2.12. The van der Waals surface area contributed by atoms with E-state index in [1.165, 1.54) is 21.9 Å². The van der Waals surface area contributed by atoms with E-state index in [0.717, 1.165) is 52.4 Å². The van der Waals surface area contributed by atoms with Crippen molar-refractivity contribution in [1.29, 1.82) is 0 Å². The van der Waals surface area contributed by atoms with Gasteiger partial charge in [-0.1, -0.05) is 0 Å². The summed E-state index contributed by atoms with van der Waals surface area (Å²) in [5, 5.41) is 0. The molecule has 1 aromatic rings. The number of ether oxygens (including phenoxy) is 1. The molecule has 0 bridgehead atoms. The molecule has 2 aliphatic rings. The van der Waals surface area contributed by atoms with Crippen LogP contribution in [0.4, 0.5) is 0 Å². The molecule has 4 heteroatoms. The Hall–Kier alpha value is -0.970. The molecule has 0 amide bonds. The molecule has 1 saturated heterocycles. The Morgan fingerprint density at radius 1 is 1.33 bits per heavy atom. The summed E-state index contributed by atoms with van der Waals surface area (Å²) in [6.45, 7) is 6.82. The number of hydrogen-bond donors (Lipinski definition) is 1. The van der Waals surface area contributed by atoms with Gasteiger partial charge in [-0.2, -0.15) is 7.05 Å². The minimum atomic E-state index is 0.852. The van der Waals surface area contributed by atoms with Crippen molar-refractivity contribution in [3.63, 3.8) is 0 Å². The highest BCUT2D eigenvalue weighted by atomic mass is 16.5. The lowest BCUT2D eigenvalue weighted by Gasteiger charge is -2.29. The maximum Gasteiger partial charge on any atom is 0.0806 e. The van der Waals surface area contributed by atoms with E-state index in [-0.39, 0.29) is 0 Å². The summed E-state index contributed by atoms with van der Waals surface area (Å²) < 4.78 is 5.37. The van der Waals surface area contributed by atoms with E-state index in [4.69, 9.17) is 9.72 Å². The molecule has 98 valence electrons. The lowest BCUT2D eigenvalue weighted by Crippen LogP contribution is -3.06. The fraction of sp³-hybridized carbons (Fsp3) is 0.571. The minimum Gasteiger partial charge on any atom is -0.464 e. The molecule has 4 nitrogen and oxygen atoms in total. The number of nitrogens with zero attached hydrogens (tertiary/aromatic N) is 2. The molecule has 0 aromatic carbocycles. The normalized spacial score (nSPS) is 24.8. The first-order chi connectivity index (χ1) is 8.81. The number of fused-ring (bicyclic) bond motifs is 1. The summed E-state index contributed by atoms with van der Waals surface area (Å²) >= 11 is 0. The molecule has 1 fully saturated rings. The first-order valence-corrected chi connectivity index (χ1v) is 6.76. The van der Waals surface area contributed by atoms with Gasteiger partial charge >= 0.3 is 0 Å². The Morgan fingerprint density at radius 3 is 3.00 bits per heavy atom. The van der Waals surface area contributed by atoms with E-state index in [1.807, 2.05) is 0 Å².